The van der Waals surface area contributed by atoms with Gasteiger partial charge < -0.3 is 41.6 Å². The lowest BCUT2D eigenvalue weighted by Crippen LogP contribution is -2.29. The molecular formula is C26H40N8O4. The molecule has 3 unspecified atom stereocenters. The zero-order chi connectivity index (χ0) is 26.6. The first-order valence-electron chi connectivity index (χ1n) is 13.5. The molecule has 1 amide bonds. The van der Waals surface area contributed by atoms with E-state index in [1.807, 2.05) is 24.3 Å². The third-order valence-electron chi connectivity index (χ3n) is 6.86. The second-order valence-electron chi connectivity index (χ2n) is 9.74. The van der Waals surface area contributed by atoms with E-state index in [9.17, 15) is 9.90 Å². The van der Waals surface area contributed by atoms with Gasteiger partial charge in [0.2, 0.25) is 23.8 Å². The number of ether oxygens (including phenoxy) is 2. The van der Waals surface area contributed by atoms with Gasteiger partial charge in [-0.3, -0.25) is 4.79 Å². The fraction of sp³-hybridized carbons (Fsp3) is 0.615. The quantitative estimate of drug-likeness (QED) is 0.164. The fourth-order valence-corrected chi connectivity index (χ4v) is 5.08. The Hall–Kier alpha value is -3.06. The van der Waals surface area contributed by atoms with Gasteiger partial charge in [0.25, 0.3) is 0 Å². The van der Waals surface area contributed by atoms with Crippen molar-refractivity contribution in [3.8, 4) is 0 Å². The van der Waals surface area contributed by atoms with Gasteiger partial charge in [0.15, 0.2) is 0 Å². The first-order chi connectivity index (χ1) is 18.6. The number of rotatable bonds is 17. The van der Waals surface area contributed by atoms with Gasteiger partial charge in [0.1, 0.15) is 0 Å². The third kappa shape index (κ3) is 8.76. The maximum Gasteiger partial charge on any atom is 0.233 e. The van der Waals surface area contributed by atoms with Gasteiger partial charge in [0, 0.05) is 31.4 Å². The van der Waals surface area contributed by atoms with E-state index in [2.05, 4.69) is 36.2 Å². The van der Waals surface area contributed by atoms with Crippen LogP contribution in [0.3, 0.4) is 0 Å². The average molecular weight is 529 g/mol. The van der Waals surface area contributed by atoms with Crippen molar-refractivity contribution in [1.82, 2.24) is 20.3 Å². The zero-order valence-electron chi connectivity index (χ0n) is 21.8. The number of hydrogen-bond acceptors (Lipinski definition) is 11. The van der Waals surface area contributed by atoms with Crippen LogP contribution in [0.2, 0.25) is 0 Å². The minimum absolute atomic E-state index is 0.0180. The minimum Gasteiger partial charge on any atom is -0.395 e. The molecule has 12 nitrogen and oxygen atoms in total. The van der Waals surface area contributed by atoms with Crippen LogP contribution in [0.4, 0.5) is 23.5 Å². The van der Waals surface area contributed by atoms with Crippen molar-refractivity contribution >= 4 is 29.4 Å². The number of nitrogens with one attached hydrogen (secondary N) is 4. The lowest BCUT2D eigenvalue weighted by molar-refractivity contribution is -0.120. The standard InChI is InChI=1S/C26H40N8O4/c27-7-11-37-13-14-38-12-9-28-23(36)17-18-2-5-21(6-3-18)30-25-32-24(29-8-10-35)33-26(34-25)31-22-16-19-1-4-20(22)15-19/h2-3,5-6,19-20,22,35H,1,4,7-17,27H2,(H,28,36)(H3,29,30,31,32,33,34). The first kappa shape index (κ1) is 28.0. The van der Waals surface area contributed by atoms with Crippen molar-refractivity contribution in [2.75, 3.05) is 68.6 Å². The van der Waals surface area contributed by atoms with Gasteiger partial charge in [-0.1, -0.05) is 18.6 Å². The van der Waals surface area contributed by atoms with Gasteiger partial charge in [-0.15, -0.1) is 0 Å². The van der Waals surface area contributed by atoms with Crippen molar-refractivity contribution in [2.45, 2.75) is 38.1 Å². The van der Waals surface area contributed by atoms with Crippen LogP contribution in [0.1, 0.15) is 31.2 Å². The van der Waals surface area contributed by atoms with E-state index in [0.717, 1.165) is 23.6 Å². The third-order valence-corrected chi connectivity index (χ3v) is 6.86. The molecule has 0 saturated heterocycles. The van der Waals surface area contributed by atoms with Crippen molar-refractivity contribution < 1.29 is 19.4 Å². The predicted molar refractivity (Wildman–Crippen MR) is 145 cm³/mol. The van der Waals surface area contributed by atoms with Crippen LogP contribution >= 0.6 is 0 Å². The Morgan fingerprint density at radius 3 is 2.42 bits per heavy atom. The number of benzene rings is 1. The van der Waals surface area contributed by atoms with Crippen LogP contribution in [0.15, 0.2) is 24.3 Å². The molecule has 3 atom stereocenters. The Balaban J connectivity index is 1.25. The lowest BCUT2D eigenvalue weighted by atomic mass is 9.95. The van der Waals surface area contributed by atoms with E-state index in [4.69, 9.17) is 15.2 Å². The SMILES string of the molecule is NCCOCCOCCNC(=O)Cc1ccc(Nc2nc(NCCO)nc(NC3CC4CCC3C4)n2)cc1. The molecule has 0 aliphatic heterocycles. The van der Waals surface area contributed by atoms with E-state index in [-0.39, 0.29) is 18.9 Å². The van der Waals surface area contributed by atoms with E-state index < -0.39 is 0 Å². The molecule has 7 N–H and O–H groups in total. The fourth-order valence-electron chi connectivity index (χ4n) is 5.08. The number of aliphatic hydroxyl groups excluding tert-OH is 1. The molecule has 1 heterocycles. The van der Waals surface area contributed by atoms with Crippen molar-refractivity contribution in [3.05, 3.63) is 29.8 Å². The van der Waals surface area contributed by atoms with E-state index in [1.165, 1.54) is 19.3 Å². The minimum atomic E-state index is -0.0675. The van der Waals surface area contributed by atoms with Crippen LogP contribution < -0.4 is 27.0 Å². The molecule has 0 radical (unpaired) electrons. The monoisotopic (exact) mass is 528 g/mol. The molecule has 2 aliphatic rings. The van der Waals surface area contributed by atoms with Crippen molar-refractivity contribution in [2.24, 2.45) is 17.6 Å². The highest BCUT2D eigenvalue weighted by atomic mass is 16.5. The number of anilines is 4. The topological polar surface area (TPSA) is 169 Å². The number of nitrogens with zero attached hydrogens (tertiary/aromatic N) is 3. The summed E-state index contributed by atoms with van der Waals surface area (Å²) in [7, 11) is 0. The van der Waals surface area contributed by atoms with Crippen molar-refractivity contribution in [3.63, 3.8) is 0 Å². The molecule has 0 spiro atoms. The molecule has 1 aromatic carbocycles. The number of carbonyl (C=O) groups excluding carboxylic acids is 1. The predicted octanol–water partition coefficient (Wildman–Crippen LogP) is 1.27. The first-order valence-corrected chi connectivity index (χ1v) is 13.5. The molecule has 2 fully saturated rings. The van der Waals surface area contributed by atoms with Crippen LogP contribution in [-0.4, -0.2) is 84.7 Å². The second kappa shape index (κ2) is 14.8. The summed E-state index contributed by atoms with van der Waals surface area (Å²) in [4.78, 5) is 25.8. The molecular weight excluding hydrogens is 488 g/mol. The van der Waals surface area contributed by atoms with Gasteiger partial charge in [-0.2, -0.15) is 15.0 Å². The second-order valence-corrected chi connectivity index (χ2v) is 9.74. The number of nitrogens with two attached hydrogens (primary N) is 1. The smallest absolute Gasteiger partial charge is 0.233 e. The summed E-state index contributed by atoms with van der Waals surface area (Å²) in [6.07, 6.45) is 5.31. The number of aliphatic hydroxyl groups is 1. The number of aromatic nitrogens is 3. The number of carbonyl (C=O) groups is 1. The Labute approximate surface area is 223 Å². The van der Waals surface area contributed by atoms with E-state index >= 15 is 0 Å². The summed E-state index contributed by atoms with van der Waals surface area (Å²) in [5.41, 5.74) is 7.04. The largest absolute Gasteiger partial charge is 0.395 e. The summed E-state index contributed by atoms with van der Waals surface area (Å²) in [5.74, 6) is 2.76. The maximum absolute atomic E-state index is 12.2. The van der Waals surface area contributed by atoms with Gasteiger partial charge in [-0.05, 0) is 48.8 Å². The van der Waals surface area contributed by atoms with E-state index in [1.54, 1.807) is 0 Å². The molecule has 2 aliphatic carbocycles. The van der Waals surface area contributed by atoms with Crippen LogP contribution in [0.5, 0.6) is 0 Å². The van der Waals surface area contributed by atoms with Crippen molar-refractivity contribution in [1.29, 1.82) is 0 Å². The maximum atomic E-state index is 12.2. The van der Waals surface area contributed by atoms with Gasteiger partial charge in [-0.25, -0.2) is 0 Å². The molecule has 2 bridgehead atoms. The summed E-state index contributed by atoms with van der Waals surface area (Å²) in [5, 5.41) is 21.8. The summed E-state index contributed by atoms with van der Waals surface area (Å²) in [6.45, 7) is 3.19. The Morgan fingerprint density at radius 1 is 0.947 bits per heavy atom. The molecule has 12 heteroatoms. The molecule has 208 valence electrons. The lowest BCUT2D eigenvalue weighted by Gasteiger charge is -2.23. The highest BCUT2D eigenvalue weighted by Gasteiger charge is 2.39. The normalized spacial score (nSPS) is 19.9. The highest BCUT2D eigenvalue weighted by Crippen LogP contribution is 2.45. The van der Waals surface area contributed by atoms with Crippen LogP contribution in [0.25, 0.3) is 0 Å². The van der Waals surface area contributed by atoms with Gasteiger partial charge in [0.05, 0.1) is 39.5 Å². The molecule has 4 rings (SSSR count). The van der Waals surface area contributed by atoms with Gasteiger partial charge >= 0.3 is 0 Å². The Kier molecular flexibility index (Phi) is 10.9. The Bertz CT molecular complexity index is 1010. The number of amides is 1. The molecule has 38 heavy (non-hydrogen) atoms. The average Bonchev–Trinajstić information content (AvgIpc) is 3.54. The molecule has 1 aromatic heterocycles. The summed E-state index contributed by atoms with van der Waals surface area (Å²) in [6, 6.07) is 7.96. The number of hydrogen-bond donors (Lipinski definition) is 6. The van der Waals surface area contributed by atoms with Crippen LogP contribution in [-0.2, 0) is 20.7 Å². The van der Waals surface area contributed by atoms with Crippen LogP contribution in [0, 0.1) is 11.8 Å². The summed E-state index contributed by atoms with van der Waals surface area (Å²) < 4.78 is 10.6. The molecule has 2 aromatic rings. The molecule has 2 saturated carbocycles. The Morgan fingerprint density at radius 2 is 1.71 bits per heavy atom. The highest BCUT2D eigenvalue weighted by molar-refractivity contribution is 5.78. The number of fused-ring (bicyclic) bond motifs is 2. The zero-order valence-corrected chi connectivity index (χ0v) is 21.8. The summed E-state index contributed by atoms with van der Waals surface area (Å²) >= 11 is 0. The van der Waals surface area contributed by atoms with E-state index in [0.29, 0.717) is 75.9 Å².